The van der Waals surface area contributed by atoms with Gasteiger partial charge in [0.05, 0.1) is 29.6 Å². The zero-order chi connectivity index (χ0) is 18.4. The van der Waals surface area contributed by atoms with Crippen LogP contribution >= 0.6 is 11.6 Å². The summed E-state index contributed by atoms with van der Waals surface area (Å²) in [6, 6.07) is 12.5. The minimum atomic E-state index is -0.197. The first-order valence-electron chi connectivity index (χ1n) is 8.45. The van der Waals surface area contributed by atoms with Crippen molar-refractivity contribution in [3.63, 3.8) is 0 Å². The number of nitrogens with zero attached hydrogens (tertiary/aromatic N) is 1. The third-order valence-corrected chi connectivity index (χ3v) is 4.35. The lowest BCUT2D eigenvalue weighted by atomic mass is 10.1. The van der Waals surface area contributed by atoms with Crippen LogP contribution in [0.5, 0.6) is 5.75 Å². The molecule has 0 aromatic heterocycles. The molecule has 26 heavy (non-hydrogen) atoms. The first kappa shape index (κ1) is 18.3. The van der Waals surface area contributed by atoms with Gasteiger partial charge in [0.1, 0.15) is 12.4 Å². The normalized spacial score (nSPS) is 14.0. The highest BCUT2D eigenvalue weighted by Crippen LogP contribution is 2.34. The van der Waals surface area contributed by atoms with E-state index in [9.17, 15) is 4.79 Å². The third kappa shape index (κ3) is 4.36. The van der Waals surface area contributed by atoms with Gasteiger partial charge in [0.25, 0.3) is 5.91 Å². The number of morpholine rings is 1. The summed E-state index contributed by atoms with van der Waals surface area (Å²) in [5.74, 6) is 0.496. The summed E-state index contributed by atoms with van der Waals surface area (Å²) in [7, 11) is 0. The van der Waals surface area contributed by atoms with Crippen molar-refractivity contribution in [2.45, 2.75) is 0 Å². The van der Waals surface area contributed by atoms with Crippen molar-refractivity contribution in [2.75, 3.05) is 43.1 Å². The molecule has 0 bridgehead atoms. The molecule has 0 spiro atoms. The van der Waals surface area contributed by atoms with Crippen LogP contribution in [0, 0.1) is 0 Å². The quantitative estimate of drug-likeness (QED) is 0.779. The van der Waals surface area contributed by atoms with Gasteiger partial charge >= 0.3 is 0 Å². The van der Waals surface area contributed by atoms with Crippen LogP contribution in [0.1, 0.15) is 10.4 Å². The molecule has 0 radical (unpaired) electrons. The number of para-hydroxylation sites is 1. The number of nitrogens with one attached hydrogen (secondary N) is 1. The molecule has 0 aliphatic carbocycles. The van der Waals surface area contributed by atoms with Crippen molar-refractivity contribution in [2.24, 2.45) is 0 Å². The number of amides is 1. The number of ether oxygens (including phenoxy) is 2. The van der Waals surface area contributed by atoms with Crippen LogP contribution < -0.4 is 15.0 Å². The van der Waals surface area contributed by atoms with Gasteiger partial charge in [-0.25, -0.2) is 0 Å². The fraction of sp³-hybridized carbons (Fsp3) is 0.250. The Morgan fingerprint density at radius 1 is 1.23 bits per heavy atom. The Balaban J connectivity index is 1.76. The van der Waals surface area contributed by atoms with E-state index in [4.69, 9.17) is 21.1 Å². The van der Waals surface area contributed by atoms with Gasteiger partial charge in [0.2, 0.25) is 0 Å². The fourth-order valence-electron chi connectivity index (χ4n) is 2.78. The summed E-state index contributed by atoms with van der Waals surface area (Å²) in [6.45, 7) is 6.80. The van der Waals surface area contributed by atoms with Gasteiger partial charge in [-0.2, -0.15) is 0 Å². The molecule has 3 rings (SSSR count). The molecule has 6 heteroatoms. The van der Waals surface area contributed by atoms with Crippen molar-refractivity contribution in [3.8, 4) is 5.75 Å². The average Bonchev–Trinajstić information content (AvgIpc) is 2.67. The topological polar surface area (TPSA) is 50.8 Å². The SMILES string of the molecule is C=CCOc1ccc(C(=O)Nc2cccc(Cl)c2N2CCOCC2)cc1. The number of anilines is 2. The Bertz CT molecular complexity index is 771. The monoisotopic (exact) mass is 372 g/mol. The molecule has 1 N–H and O–H groups in total. The van der Waals surface area contributed by atoms with Crippen LogP contribution in [-0.2, 0) is 4.74 Å². The summed E-state index contributed by atoms with van der Waals surface area (Å²) < 4.78 is 10.8. The number of benzene rings is 2. The molecule has 2 aromatic rings. The number of hydrogen-bond acceptors (Lipinski definition) is 4. The first-order valence-corrected chi connectivity index (χ1v) is 8.83. The molecule has 2 aromatic carbocycles. The van der Waals surface area contributed by atoms with Gasteiger partial charge in [-0.15, -0.1) is 0 Å². The van der Waals surface area contributed by atoms with Crippen LogP contribution in [0.15, 0.2) is 55.1 Å². The van der Waals surface area contributed by atoms with E-state index in [0.717, 1.165) is 18.8 Å². The Hall–Kier alpha value is -2.50. The smallest absolute Gasteiger partial charge is 0.255 e. The zero-order valence-electron chi connectivity index (χ0n) is 14.4. The van der Waals surface area contributed by atoms with Crippen LogP contribution in [0.3, 0.4) is 0 Å². The fourth-order valence-corrected chi connectivity index (χ4v) is 3.07. The second-order valence-corrected chi connectivity index (χ2v) is 6.22. The predicted octanol–water partition coefficient (Wildman–Crippen LogP) is 3.99. The standard InChI is InChI=1S/C20H21ClN2O3/c1-2-12-26-16-8-6-15(7-9-16)20(24)22-18-5-3-4-17(21)19(18)23-10-13-25-14-11-23/h2-9H,1,10-14H2,(H,22,24). The molecule has 5 nitrogen and oxygen atoms in total. The summed E-state index contributed by atoms with van der Waals surface area (Å²) >= 11 is 6.40. The molecular weight excluding hydrogens is 352 g/mol. The van der Waals surface area contributed by atoms with E-state index in [-0.39, 0.29) is 5.91 Å². The summed E-state index contributed by atoms with van der Waals surface area (Å²) in [4.78, 5) is 14.8. The van der Waals surface area contributed by atoms with E-state index >= 15 is 0 Å². The second kappa shape index (κ2) is 8.74. The van der Waals surface area contributed by atoms with Gasteiger partial charge in [-0.05, 0) is 36.4 Å². The van der Waals surface area contributed by atoms with Crippen LogP contribution in [0.25, 0.3) is 0 Å². The van der Waals surface area contributed by atoms with Crippen molar-refractivity contribution in [3.05, 3.63) is 65.7 Å². The highest BCUT2D eigenvalue weighted by molar-refractivity contribution is 6.34. The summed E-state index contributed by atoms with van der Waals surface area (Å²) in [5, 5.41) is 3.57. The molecular formula is C20H21ClN2O3. The number of carbonyl (C=O) groups is 1. The van der Waals surface area contributed by atoms with Gasteiger partial charge in [0.15, 0.2) is 0 Å². The molecule has 1 aliphatic rings. The highest BCUT2D eigenvalue weighted by Gasteiger charge is 2.19. The number of hydrogen-bond donors (Lipinski definition) is 1. The Morgan fingerprint density at radius 2 is 1.96 bits per heavy atom. The van der Waals surface area contributed by atoms with Gasteiger partial charge in [0, 0.05) is 18.7 Å². The van der Waals surface area contributed by atoms with Crippen molar-refractivity contribution >= 4 is 28.9 Å². The first-order chi connectivity index (χ1) is 12.7. The maximum Gasteiger partial charge on any atom is 0.255 e. The Labute approximate surface area is 158 Å². The van der Waals surface area contributed by atoms with Gasteiger partial charge < -0.3 is 19.7 Å². The van der Waals surface area contributed by atoms with E-state index in [1.807, 2.05) is 18.2 Å². The molecule has 0 unspecified atom stereocenters. The second-order valence-electron chi connectivity index (χ2n) is 5.81. The lowest BCUT2D eigenvalue weighted by Crippen LogP contribution is -2.37. The minimum Gasteiger partial charge on any atom is -0.490 e. The lowest BCUT2D eigenvalue weighted by Gasteiger charge is -2.31. The van der Waals surface area contributed by atoms with Crippen molar-refractivity contribution < 1.29 is 14.3 Å². The molecule has 136 valence electrons. The van der Waals surface area contributed by atoms with E-state index in [0.29, 0.717) is 41.8 Å². The van der Waals surface area contributed by atoms with Gasteiger partial charge in [-0.3, -0.25) is 4.79 Å². The molecule has 1 saturated heterocycles. The molecule has 1 heterocycles. The lowest BCUT2D eigenvalue weighted by molar-refractivity contribution is 0.102. The maximum atomic E-state index is 12.6. The average molecular weight is 373 g/mol. The Morgan fingerprint density at radius 3 is 2.65 bits per heavy atom. The minimum absolute atomic E-state index is 0.197. The summed E-state index contributed by atoms with van der Waals surface area (Å²) in [5.41, 5.74) is 2.07. The largest absolute Gasteiger partial charge is 0.490 e. The molecule has 1 amide bonds. The third-order valence-electron chi connectivity index (χ3n) is 4.05. The van der Waals surface area contributed by atoms with Gasteiger partial charge in [-0.1, -0.05) is 30.3 Å². The van der Waals surface area contributed by atoms with Crippen LogP contribution in [0.2, 0.25) is 5.02 Å². The zero-order valence-corrected chi connectivity index (χ0v) is 15.2. The molecule has 0 atom stereocenters. The van der Waals surface area contributed by atoms with Crippen LogP contribution in [-0.4, -0.2) is 38.8 Å². The van der Waals surface area contributed by atoms with Crippen LogP contribution in [0.4, 0.5) is 11.4 Å². The molecule has 1 aliphatic heterocycles. The number of halogens is 1. The summed E-state index contributed by atoms with van der Waals surface area (Å²) in [6.07, 6.45) is 1.67. The maximum absolute atomic E-state index is 12.6. The van der Waals surface area contributed by atoms with E-state index in [1.54, 1.807) is 30.3 Å². The number of rotatable bonds is 6. The molecule has 1 fully saturated rings. The van der Waals surface area contributed by atoms with E-state index in [2.05, 4.69) is 16.8 Å². The Kier molecular flexibility index (Phi) is 6.15. The van der Waals surface area contributed by atoms with E-state index in [1.165, 1.54) is 0 Å². The van der Waals surface area contributed by atoms with Crippen molar-refractivity contribution in [1.82, 2.24) is 0 Å². The van der Waals surface area contributed by atoms with Crippen molar-refractivity contribution in [1.29, 1.82) is 0 Å². The van der Waals surface area contributed by atoms with E-state index < -0.39 is 0 Å². The molecule has 0 saturated carbocycles. The predicted molar refractivity (Wildman–Crippen MR) is 105 cm³/mol. The number of carbonyl (C=O) groups excluding carboxylic acids is 1. The highest BCUT2D eigenvalue weighted by atomic mass is 35.5.